The van der Waals surface area contributed by atoms with Crippen LogP contribution in [0.15, 0.2) is 29.6 Å². The number of piperidine rings is 1. The van der Waals surface area contributed by atoms with Crippen molar-refractivity contribution in [2.45, 2.75) is 124 Å². The second kappa shape index (κ2) is 20.8. The number of phenols is 1. The summed E-state index contributed by atoms with van der Waals surface area (Å²) in [6.45, 7) is 15.7. The Kier molecular flexibility index (Phi) is 17.2. The number of rotatable bonds is 21. The molecule has 0 spiro atoms. The smallest absolute Gasteiger partial charge is 0.270 e. The van der Waals surface area contributed by atoms with E-state index >= 15 is 0 Å². The Labute approximate surface area is 309 Å². The normalized spacial score (nSPS) is 18.7. The van der Waals surface area contributed by atoms with Crippen LogP contribution >= 0.6 is 11.3 Å². The number of hydrogen-bond acceptors (Lipinski definition) is 9. The van der Waals surface area contributed by atoms with Crippen molar-refractivity contribution in [1.29, 1.82) is 0 Å². The lowest BCUT2D eigenvalue weighted by Crippen LogP contribution is -2.50. The molecule has 51 heavy (non-hydrogen) atoms. The number of nitrogens with zero attached hydrogens (tertiary/aromatic N) is 3. The van der Waals surface area contributed by atoms with Crippen LogP contribution in [-0.4, -0.2) is 88.8 Å². The lowest BCUT2D eigenvalue weighted by atomic mass is 9.82. The fourth-order valence-corrected chi connectivity index (χ4v) is 7.96. The predicted octanol–water partition coefficient (Wildman–Crippen LogP) is 6.86. The molecule has 2 aromatic rings. The fraction of sp³-hybridized carbons (Fsp3) is 0.675. The summed E-state index contributed by atoms with van der Waals surface area (Å²) in [7, 11) is 2.01. The molecule has 11 heteroatoms. The number of aldehydes is 1. The summed E-state index contributed by atoms with van der Waals surface area (Å²) in [6, 6.07) is 6.25. The molecule has 0 saturated carbocycles. The van der Waals surface area contributed by atoms with Gasteiger partial charge in [0.1, 0.15) is 24.5 Å². The Morgan fingerprint density at radius 2 is 1.80 bits per heavy atom. The van der Waals surface area contributed by atoms with Gasteiger partial charge in [-0.2, -0.15) is 0 Å². The first-order valence-electron chi connectivity index (χ1n) is 18.9. The Hall–Kier alpha value is -3.15. The average molecular weight is 727 g/mol. The van der Waals surface area contributed by atoms with E-state index in [2.05, 4.69) is 44.8 Å². The zero-order valence-corrected chi connectivity index (χ0v) is 32.9. The molecule has 284 valence electrons. The van der Waals surface area contributed by atoms with Crippen LogP contribution in [-0.2, 0) is 25.5 Å². The molecule has 0 aliphatic carbocycles. The minimum atomic E-state index is -0.429. The van der Waals surface area contributed by atoms with Gasteiger partial charge in [0, 0.05) is 48.2 Å². The van der Waals surface area contributed by atoms with E-state index in [0.717, 1.165) is 49.1 Å². The zero-order chi connectivity index (χ0) is 37.7. The number of aromatic nitrogens is 1. The largest absolute Gasteiger partial charge is 0.508 e. The standard InChI is InChI=1S/C40H62N4O6S/c1-9-28(6)33(22-37(47)35-13-11-12-18-43(35)8)40(49)44(25-50-10-2)36(26(3)4)20-29(7)39-42-34(24-51-39)38(48)41-31(19-27(5)23-45)21-30-14-16-32(46)17-15-30/h14-17,23-24,26-29,31,33,35-36,46H,9-13,18-22,25H2,1-8H3,(H,41,48)/t27-,28?,29+,31+,33-,35+,36+/m0/s1. The monoisotopic (exact) mass is 726 g/mol. The summed E-state index contributed by atoms with van der Waals surface area (Å²) < 4.78 is 5.91. The summed E-state index contributed by atoms with van der Waals surface area (Å²) in [5.74, 6) is -0.576. The van der Waals surface area contributed by atoms with Gasteiger partial charge in [0.2, 0.25) is 5.91 Å². The number of carbonyl (C=O) groups excluding carboxylic acids is 4. The molecule has 1 aliphatic heterocycles. The molecule has 1 fully saturated rings. The van der Waals surface area contributed by atoms with Crippen molar-refractivity contribution in [3.63, 3.8) is 0 Å². The van der Waals surface area contributed by atoms with Crippen LogP contribution in [0.1, 0.15) is 120 Å². The predicted molar refractivity (Wildman–Crippen MR) is 203 cm³/mol. The number of aromatic hydroxyl groups is 1. The number of likely N-dealkylation sites (tertiary alicyclic amines) is 1. The second-order valence-electron chi connectivity index (χ2n) is 15.0. The number of phenolic OH excluding ortho intramolecular Hbond substituents is 1. The van der Waals surface area contributed by atoms with Crippen LogP contribution in [0.4, 0.5) is 0 Å². The number of nitrogens with one attached hydrogen (secondary N) is 1. The van der Waals surface area contributed by atoms with E-state index in [-0.39, 0.29) is 78.3 Å². The molecule has 0 radical (unpaired) electrons. The van der Waals surface area contributed by atoms with Crippen LogP contribution in [0.5, 0.6) is 5.75 Å². The molecular weight excluding hydrogens is 665 g/mol. The van der Waals surface area contributed by atoms with Gasteiger partial charge in [0.05, 0.1) is 11.0 Å². The van der Waals surface area contributed by atoms with Crippen molar-refractivity contribution >= 4 is 35.2 Å². The lowest BCUT2D eigenvalue weighted by molar-refractivity contribution is -0.150. The van der Waals surface area contributed by atoms with E-state index in [0.29, 0.717) is 31.6 Å². The highest BCUT2D eigenvalue weighted by molar-refractivity contribution is 7.09. The summed E-state index contributed by atoms with van der Waals surface area (Å²) >= 11 is 1.43. The maximum atomic E-state index is 14.5. The second-order valence-corrected chi connectivity index (χ2v) is 15.9. The van der Waals surface area contributed by atoms with Gasteiger partial charge in [-0.05, 0) is 82.2 Å². The number of Topliss-reactive ketones (excluding diaryl/α,β-unsaturated/α-hetero) is 1. The first-order chi connectivity index (χ1) is 24.3. The molecule has 3 rings (SSSR count). The Bertz CT molecular complexity index is 1400. The van der Waals surface area contributed by atoms with E-state index in [1.54, 1.807) is 17.5 Å². The molecule has 2 heterocycles. The van der Waals surface area contributed by atoms with E-state index in [9.17, 15) is 24.3 Å². The van der Waals surface area contributed by atoms with Gasteiger partial charge in [-0.1, -0.05) is 66.5 Å². The van der Waals surface area contributed by atoms with Crippen LogP contribution in [0.3, 0.4) is 0 Å². The minimum Gasteiger partial charge on any atom is -0.508 e. The third kappa shape index (κ3) is 12.5. The molecule has 2 amide bonds. The van der Waals surface area contributed by atoms with Crippen molar-refractivity contribution in [2.24, 2.45) is 23.7 Å². The number of benzene rings is 1. The zero-order valence-electron chi connectivity index (χ0n) is 32.1. The fourth-order valence-electron chi connectivity index (χ4n) is 7.09. The number of amides is 2. The number of ether oxygens (including phenoxy) is 1. The van der Waals surface area contributed by atoms with Crippen LogP contribution in [0, 0.1) is 23.7 Å². The Morgan fingerprint density at radius 3 is 2.41 bits per heavy atom. The molecule has 10 nitrogen and oxygen atoms in total. The molecule has 1 aromatic heterocycles. The third-order valence-corrected chi connectivity index (χ3v) is 11.6. The third-order valence-electron chi connectivity index (χ3n) is 10.5. The minimum absolute atomic E-state index is 0.0288. The van der Waals surface area contributed by atoms with E-state index in [1.165, 1.54) is 11.3 Å². The van der Waals surface area contributed by atoms with Crippen molar-refractivity contribution in [3.8, 4) is 5.75 Å². The molecule has 0 bridgehead atoms. The SMILES string of the molecule is CCOCN(C(=O)[C@@H](CC(=O)[C@H]1CCCCN1C)C(C)CC)[C@H](C[C@@H](C)c1nc(C(=O)N[C@@H](Cc2ccc(O)cc2)C[C@H](C)C=O)cs1)C(C)C. The highest BCUT2D eigenvalue weighted by atomic mass is 32.1. The molecule has 1 saturated heterocycles. The lowest BCUT2D eigenvalue weighted by Gasteiger charge is -2.39. The summed E-state index contributed by atoms with van der Waals surface area (Å²) in [5.41, 5.74) is 1.26. The van der Waals surface area contributed by atoms with Gasteiger partial charge in [-0.3, -0.25) is 19.3 Å². The number of carbonyl (C=O) groups is 4. The highest BCUT2D eigenvalue weighted by Crippen LogP contribution is 2.32. The van der Waals surface area contributed by atoms with E-state index < -0.39 is 5.92 Å². The first kappa shape index (κ1) is 42.3. The molecule has 1 unspecified atom stereocenters. The Morgan fingerprint density at radius 1 is 1.10 bits per heavy atom. The number of thiazole rings is 1. The van der Waals surface area contributed by atoms with Crippen molar-refractivity contribution < 1.29 is 29.0 Å². The molecule has 1 aromatic carbocycles. The van der Waals surface area contributed by atoms with Gasteiger partial charge < -0.3 is 24.9 Å². The molecule has 7 atom stereocenters. The highest BCUT2D eigenvalue weighted by Gasteiger charge is 2.38. The Balaban J connectivity index is 1.78. The summed E-state index contributed by atoms with van der Waals surface area (Å²) in [6.07, 6.45) is 6.50. The molecule has 1 aliphatic rings. The van der Waals surface area contributed by atoms with Crippen molar-refractivity contribution in [3.05, 3.63) is 45.9 Å². The topological polar surface area (TPSA) is 129 Å². The van der Waals surface area contributed by atoms with Crippen LogP contribution < -0.4 is 5.32 Å². The maximum absolute atomic E-state index is 14.5. The van der Waals surface area contributed by atoms with Gasteiger partial charge in [0.15, 0.2) is 5.78 Å². The van der Waals surface area contributed by atoms with Gasteiger partial charge in [-0.15, -0.1) is 11.3 Å². The van der Waals surface area contributed by atoms with Crippen LogP contribution in [0.25, 0.3) is 0 Å². The van der Waals surface area contributed by atoms with Crippen LogP contribution in [0.2, 0.25) is 0 Å². The van der Waals surface area contributed by atoms with Crippen molar-refractivity contribution in [2.75, 3.05) is 26.9 Å². The number of likely N-dealkylation sites (N-methyl/N-ethyl adjacent to an activating group) is 1. The molecular formula is C40H62N4O6S. The average Bonchev–Trinajstić information content (AvgIpc) is 3.61. The van der Waals surface area contributed by atoms with Gasteiger partial charge >= 0.3 is 0 Å². The van der Waals surface area contributed by atoms with Gasteiger partial charge in [0.25, 0.3) is 5.91 Å². The van der Waals surface area contributed by atoms with Gasteiger partial charge in [-0.25, -0.2) is 4.98 Å². The summed E-state index contributed by atoms with van der Waals surface area (Å²) in [5, 5.41) is 15.3. The molecule has 2 N–H and O–H groups in total. The van der Waals surface area contributed by atoms with E-state index in [1.807, 2.05) is 37.9 Å². The first-order valence-corrected chi connectivity index (χ1v) is 19.8. The van der Waals surface area contributed by atoms with E-state index in [4.69, 9.17) is 9.72 Å². The van der Waals surface area contributed by atoms with Crippen molar-refractivity contribution in [1.82, 2.24) is 20.1 Å². The maximum Gasteiger partial charge on any atom is 0.270 e. The quantitative estimate of drug-likeness (QED) is 0.106. The summed E-state index contributed by atoms with van der Waals surface area (Å²) in [4.78, 5) is 61.8. The number of hydrogen-bond donors (Lipinski definition) is 2. The number of ketones is 1.